The summed E-state index contributed by atoms with van der Waals surface area (Å²) in [4.78, 5) is 11.2. The second-order valence-electron chi connectivity index (χ2n) is 4.73. The SMILES string of the molecule is C[C@H](C=O)N(c1cc(Cl)ccc1Cl)S(=O)(=O)c1ccc(Cl)cc1. The van der Waals surface area contributed by atoms with E-state index in [0.29, 0.717) is 16.3 Å². The van der Waals surface area contributed by atoms with Gasteiger partial charge in [-0.15, -0.1) is 0 Å². The maximum Gasteiger partial charge on any atom is 0.265 e. The van der Waals surface area contributed by atoms with Crippen molar-refractivity contribution in [1.82, 2.24) is 0 Å². The molecule has 0 radical (unpaired) electrons. The summed E-state index contributed by atoms with van der Waals surface area (Å²) in [5.74, 6) is 0. The largest absolute Gasteiger partial charge is 0.301 e. The van der Waals surface area contributed by atoms with Crippen LogP contribution in [0.3, 0.4) is 0 Å². The van der Waals surface area contributed by atoms with Gasteiger partial charge >= 0.3 is 0 Å². The predicted molar refractivity (Wildman–Crippen MR) is 93.1 cm³/mol. The number of carbonyl (C=O) groups is 1. The van der Waals surface area contributed by atoms with Crippen molar-refractivity contribution in [3.8, 4) is 0 Å². The van der Waals surface area contributed by atoms with Crippen LogP contribution in [0.25, 0.3) is 0 Å². The molecule has 2 aromatic rings. The molecule has 8 heteroatoms. The lowest BCUT2D eigenvalue weighted by molar-refractivity contribution is -0.108. The summed E-state index contributed by atoms with van der Waals surface area (Å²) in [7, 11) is -4.02. The van der Waals surface area contributed by atoms with E-state index in [1.165, 1.54) is 49.4 Å². The van der Waals surface area contributed by atoms with Crippen LogP contribution in [0.1, 0.15) is 6.92 Å². The standard InChI is InChI=1S/C15H12Cl3NO3S/c1-10(9-20)19(15-8-12(17)4-7-14(15)18)23(21,22)13-5-2-11(16)3-6-13/h2-10H,1H3/t10-/m1/s1. The minimum absolute atomic E-state index is 0.00774. The summed E-state index contributed by atoms with van der Waals surface area (Å²) < 4.78 is 26.8. The van der Waals surface area contributed by atoms with E-state index < -0.39 is 16.1 Å². The van der Waals surface area contributed by atoms with Crippen molar-refractivity contribution in [2.24, 2.45) is 0 Å². The van der Waals surface area contributed by atoms with Gasteiger partial charge in [0.1, 0.15) is 6.29 Å². The summed E-state index contributed by atoms with van der Waals surface area (Å²) in [6.07, 6.45) is 0.519. The zero-order chi connectivity index (χ0) is 17.2. The van der Waals surface area contributed by atoms with Crippen LogP contribution < -0.4 is 4.31 Å². The van der Waals surface area contributed by atoms with Gasteiger partial charge in [-0.05, 0) is 49.4 Å². The molecule has 2 rings (SSSR count). The molecular formula is C15H12Cl3NO3S. The first-order valence-corrected chi connectivity index (χ1v) is 9.05. The van der Waals surface area contributed by atoms with Gasteiger partial charge in [0.25, 0.3) is 10.0 Å². The zero-order valence-corrected chi connectivity index (χ0v) is 15.0. The first-order valence-electron chi connectivity index (χ1n) is 6.47. The number of anilines is 1. The third-order valence-electron chi connectivity index (χ3n) is 3.08. The van der Waals surface area contributed by atoms with Crippen LogP contribution in [0.4, 0.5) is 5.69 Å². The minimum atomic E-state index is -4.02. The molecule has 1 atom stereocenters. The second-order valence-corrected chi connectivity index (χ2v) is 7.82. The molecule has 23 heavy (non-hydrogen) atoms. The topological polar surface area (TPSA) is 54.5 Å². The number of hydrogen-bond donors (Lipinski definition) is 0. The Balaban J connectivity index is 2.65. The van der Waals surface area contributed by atoms with Crippen LogP contribution in [0, 0.1) is 0 Å². The summed E-state index contributed by atoms with van der Waals surface area (Å²) in [5.41, 5.74) is 0.133. The van der Waals surface area contributed by atoms with E-state index in [1.807, 2.05) is 0 Å². The number of aldehydes is 1. The molecule has 0 N–H and O–H groups in total. The van der Waals surface area contributed by atoms with Crippen molar-refractivity contribution in [1.29, 1.82) is 0 Å². The Morgan fingerprint density at radius 3 is 2.13 bits per heavy atom. The summed E-state index contributed by atoms with van der Waals surface area (Å²) in [5, 5.41) is 0.874. The van der Waals surface area contributed by atoms with E-state index in [0.717, 1.165) is 4.31 Å². The Hall–Kier alpha value is -1.27. The molecule has 0 heterocycles. The highest BCUT2D eigenvalue weighted by Crippen LogP contribution is 2.34. The lowest BCUT2D eigenvalue weighted by atomic mass is 10.3. The molecule has 0 saturated carbocycles. The van der Waals surface area contributed by atoms with Gasteiger partial charge in [0.05, 0.1) is 21.6 Å². The van der Waals surface area contributed by atoms with Crippen LogP contribution in [0.15, 0.2) is 47.4 Å². The average molecular weight is 393 g/mol. The molecule has 2 aromatic carbocycles. The smallest absolute Gasteiger partial charge is 0.265 e. The van der Waals surface area contributed by atoms with E-state index in [4.69, 9.17) is 34.8 Å². The third-order valence-corrected chi connectivity index (χ3v) is 5.80. The van der Waals surface area contributed by atoms with E-state index in [2.05, 4.69) is 0 Å². The van der Waals surface area contributed by atoms with Gasteiger partial charge in [-0.3, -0.25) is 4.31 Å². The molecule has 0 bridgehead atoms. The van der Waals surface area contributed by atoms with Crippen LogP contribution in [0.2, 0.25) is 15.1 Å². The van der Waals surface area contributed by atoms with Crippen LogP contribution in [0.5, 0.6) is 0 Å². The summed E-state index contributed by atoms with van der Waals surface area (Å²) in [6.45, 7) is 1.46. The highest BCUT2D eigenvalue weighted by Gasteiger charge is 2.31. The molecule has 0 fully saturated rings. The van der Waals surface area contributed by atoms with Crippen LogP contribution >= 0.6 is 34.8 Å². The minimum Gasteiger partial charge on any atom is -0.301 e. The van der Waals surface area contributed by atoms with Crippen molar-refractivity contribution in [3.05, 3.63) is 57.5 Å². The number of rotatable bonds is 5. The summed E-state index contributed by atoms with van der Waals surface area (Å²) >= 11 is 17.8. The molecule has 0 spiro atoms. The van der Waals surface area contributed by atoms with E-state index >= 15 is 0 Å². The highest BCUT2D eigenvalue weighted by atomic mass is 35.5. The third kappa shape index (κ3) is 3.80. The number of sulfonamides is 1. The van der Waals surface area contributed by atoms with Crippen molar-refractivity contribution < 1.29 is 13.2 Å². The molecule has 0 unspecified atom stereocenters. The Bertz CT molecular complexity index is 822. The van der Waals surface area contributed by atoms with Gasteiger partial charge in [-0.25, -0.2) is 8.42 Å². The molecule has 122 valence electrons. The molecule has 4 nitrogen and oxygen atoms in total. The first-order chi connectivity index (χ1) is 10.8. The van der Waals surface area contributed by atoms with Crippen LogP contribution in [-0.4, -0.2) is 20.7 Å². The fourth-order valence-electron chi connectivity index (χ4n) is 2.00. The number of halogens is 3. The lowest BCUT2D eigenvalue weighted by Gasteiger charge is -2.28. The molecule has 0 aliphatic rings. The van der Waals surface area contributed by atoms with Gasteiger partial charge in [0.15, 0.2) is 0 Å². The van der Waals surface area contributed by atoms with E-state index in [9.17, 15) is 13.2 Å². The average Bonchev–Trinajstić information content (AvgIpc) is 2.51. The number of carbonyl (C=O) groups excluding carboxylic acids is 1. The normalized spacial score (nSPS) is 12.7. The fourth-order valence-corrected chi connectivity index (χ4v) is 4.15. The van der Waals surface area contributed by atoms with Crippen molar-refractivity contribution in [3.63, 3.8) is 0 Å². The number of nitrogens with zero attached hydrogens (tertiary/aromatic N) is 1. The molecule has 0 aliphatic heterocycles. The van der Waals surface area contributed by atoms with Gasteiger partial charge in [0, 0.05) is 10.0 Å². The molecule has 0 amide bonds. The van der Waals surface area contributed by atoms with Crippen molar-refractivity contribution in [2.45, 2.75) is 17.9 Å². The Kier molecular flexibility index (Phi) is 5.57. The Morgan fingerprint density at radius 1 is 1.00 bits per heavy atom. The predicted octanol–water partition coefficient (Wildman–Crippen LogP) is 4.43. The van der Waals surface area contributed by atoms with Gasteiger partial charge in [0.2, 0.25) is 0 Å². The summed E-state index contributed by atoms with van der Waals surface area (Å²) in [6, 6.07) is 9.08. The second kappa shape index (κ2) is 7.09. The van der Waals surface area contributed by atoms with Gasteiger partial charge in [-0.2, -0.15) is 0 Å². The zero-order valence-electron chi connectivity index (χ0n) is 11.9. The van der Waals surface area contributed by atoms with Gasteiger partial charge in [-0.1, -0.05) is 34.8 Å². The number of hydrogen-bond acceptors (Lipinski definition) is 3. The maximum absolute atomic E-state index is 12.9. The van der Waals surface area contributed by atoms with E-state index in [-0.39, 0.29) is 15.6 Å². The maximum atomic E-state index is 12.9. The number of benzene rings is 2. The highest BCUT2D eigenvalue weighted by molar-refractivity contribution is 7.93. The molecule has 0 aromatic heterocycles. The van der Waals surface area contributed by atoms with Crippen molar-refractivity contribution in [2.75, 3.05) is 4.31 Å². The van der Waals surface area contributed by atoms with Crippen LogP contribution in [-0.2, 0) is 14.8 Å². The quantitative estimate of drug-likeness (QED) is 0.707. The molecular weight excluding hydrogens is 381 g/mol. The first kappa shape index (κ1) is 18.1. The van der Waals surface area contributed by atoms with Crippen molar-refractivity contribution >= 4 is 56.8 Å². The lowest BCUT2D eigenvalue weighted by Crippen LogP contribution is -2.39. The Labute approximate surface area is 149 Å². The molecule has 0 aliphatic carbocycles. The monoisotopic (exact) mass is 391 g/mol. The van der Waals surface area contributed by atoms with Gasteiger partial charge < -0.3 is 4.79 Å². The molecule has 0 saturated heterocycles. The van der Waals surface area contributed by atoms with E-state index in [1.54, 1.807) is 0 Å². The fraction of sp³-hybridized carbons (Fsp3) is 0.133. The Morgan fingerprint density at radius 2 is 1.57 bits per heavy atom.